The van der Waals surface area contributed by atoms with Crippen molar-refractivity contribution in [1.82, 2.24) is 9.80 Å². The summed E-state index contributed by atoms with van der Waals surface area (Å²) in [5.41, 5.74) is 0.164. The second-order valence-corrected chi connectivity index (χ2v) is 8.36. The fourth-order valence-electron chi connectivity index (χ4n) is 5.34. The number of hydrogen-bond acceptors (Lipinski definition) is 5. The molecule has 4 rings (SSSR count). The van der Waals surface area contributed by atoms with Crippen molar-refractivity contribution >= 4 is 11.8 Å². The lowest BCUT2D eigenvalue weighted by atomic mass is 9.68. The quantitative estimate of drug-likeness (QED) is 0.782. The highest BCUT2D eigenvalue weighted by Gasteiger charge is 2.61. The van der Waals surface area contributed by atoms with E-state index in [1.54, 1.807) is 32.4 Å². The first kappa shape index (κ1) is 20.0. The Labute approximate surface area is 171 Å². The van der Waals surface area contributed by atoms with Gasteiger partial charge in [0.05, 0.1) is 25.3 Å². The van der Waals surface area contributed by atoms with Gasteiger partial charge in [-0.1, -0.05) is 19.3 Å². The van der Waals surface area contributed by atoms with Crippen LogP contribution in [0.4, 0.5) is 0 Å². The van der Waals surface area contributed by atoms with E-state index in [1.807, 2.05) is 9.80 Å². The van der Waals surface area contributed by atoms with Gasteiger partial charge in [0.25, 0.3) is 11.8 Å². The second kappa shape index (κ2) is 7.86. The number of likely N-dealkylation sites (tertiary alicyclic amines) is 2. The zero-order valence-corrected chi connectivity index (χ0v) is 17.2. The molecule has 2 heterocycles. The standard InChI is InChI=1S/C22H30N2O5/c1-28-16-6-7-17(18(14-16)29-2)20(26)23-12-8-15(9-13-23)24-21(27)19(25)22(24)10-4-3-5-11-22/h6-7,14-15,19,25H,3-5,8-13H2,1-2H3. The molecule has 1 saturated carbocycles. The summed E-state index contributed by atoms with van der Waals surface area (Å²) in [4.78, 5) is 29.3. The first-order valence-electron chi connectivity index (χ1n) is 10.5. The number of carbonyl (C=O) groups excluding carboxylic acids is 2. The van der Waals surface area contributed by atoms with Crippen molar-refractivity contribution in [2.24, 2.45) is 0 Å². The summed E-state index contributed by atoms with van der Waals surface area (Å²) in [6.07, 6.45) is 5.72. The van der Waals surface area contributed by atoms with Crippen molar-refractivity contribution < 1.29 is 24.2 Å². The van der Waals surface area contributed by atoms with Crippen LogP contribution >= 0.6 is 0 Å². The lowest BCUT2D eigenvalue weighted by Gasteiger charge is -2.61. The van der Waals surface area contributed by atoms with Crippen LogP contribution in [-0.4, -0.2) is 71.7 Å². The van der Waals surface area contributed by atoms with Crippen molar-refractivity contribution in [1.29, 1.82) is 0 Å². The van der Waals surface area contributed by atoms with Crippen molar-refractivity contribution in [2.45, 2.75) is 62.6 Å². The van der Waals surface area contributed by atoms with E-state index in [1.165, 1.54) is 6.42 Å². The van der Waals surface area contributed by atoms with Crippen LogP contribution in [0, 0.1) is 0 Å². The van der Waals surface area contributed by atoms with E-state index < -0.39 is 6.10 Å². The number of aliphatic hydroxyl groups excluding tert-OH is 1. The van der Waals surface area contributed by atoms with Gasteiger partial charge in [-0.25, -0.2) is 0 Å². The highest BCUT2D eigenvalue weighted by atomic mass is 16.5. The maximum absolute atomic E-state index is 13.0. The fraction of sp³-hybridized carbons (Fsp3) is 0.636. The van der Waals surface area contributed by atoms with Gasteiger partial charge in [-0.05, 0) is 37.8 Å². The number of nitrogens with zero attached hydrogens (tertiary/aromatic N) is 2. The average Bonchev–Trinajstić information content (AvgIpc) is 2.79. The molecule has 1 aromatic rings. The minimum atomic E-state index is -0.842. The predicted molar refractivity (Wildman–Crippen MR) is 107 cm³/mol. The van der Waals surface area contributed by atoms with Gasteiger partial charge in [0, 0.05) is 25.2 Å². The number of carbonyl (C=O) groups is 2. The molecule has 1 N–H and O–H groups in total. The first-order valence-corrected chi connectivity index (χ1v) is 10.5. The van der Waals surface area contributed by atoms with Gasteiger partial charge in [-0.3, -0.25) is 9.59 Å². The van der Waals surface area contributed by atoms with E-state index in [2.05, 4.69) is 0 Å². The van der Waals surface area contributed by atoms with Gasteiger partial charge >= 0.3 is 0 Å². The maximum Gasteiger partial charge on any atom is 0.257 e. The van der Waals surface area contributed by atoms with Gasteiger partial charge in [-0.2, -0.15) is 0 Å². The third-order valence-corrected chi connectivity index (χ3v) is 6.94. The number of hydrogen-bond donors (Lipinski definition) is 1. The van der Waals surface area contributed by atoms with Crippen molar-refractivity contribution in [3.05, 3.63) is 23.8 Å². The molecule has 2 amide bonds. The van der Waals surface area contributed by atoms with Gasteiger partial charge in [-0.15, -0.1) is 0 Å². The number of rotatable bonds is 4. The molecular formula is C22H30N2O5. The monoisotopic (exact) mass is 402 g/mol. The van der Waals surface area contributed by atoms with E-state index in [4.69, 9.17) is 9.47 Å². The Morgan fingerprint density at radius 3 is 2.41 bits per heavy atom. The Hall–Kier alpha value is -2.28. The minimum Gasteiger partial charge on any atom is -0.497 e. The van der Waals surface area contributed by atoms with Crippen LogP contribution in [0.15, 0.2) is 18.2 Å². The summed E-state index contributed by atoms with van der Waals surface area (Å²) in [5, 5.41) is 10.4. The summed E-state index contributed by atoms with van der Waals surface area (Å²) in [6, 6.07) is 5.31. The maximum atomic E-state index is 13.0. The molecule has 7 heteroatoms. The molecule has 2 saturated heterocycles. The Kier molecular flexibility index (Phi) is 5.42. The molecule has 3 fully saturated rings. The minimum absolute atomic E-state index is 0.0645. The van der Waals surface area contributed by atoms with Crippen LogP contribution in [0.25, 0.3) is 0 Å². The van der Waals surface area contributed by atoms with Gasteiger partial charge in [0.2, 0.25) is 0 Å². The third kappa shape index (κ3) is 3.25. The van der Waals surface area contributed by atoms with E-state index in [9.17, 15) is 14.7 Å². The Balaban J connectivity index is 1.43. The molecule has 0 aromatic heterocycles. The molecule has 1 aliphatic carbocycles. The molecule has 1 spiro atoms. The smallest absolute Gasteiger partial charge is 0.257 e. The molecule has 0 radical (unpaired) electrons. The van der Waals surface area contributed by atoms with E-state index in [0.29, 0.717) is 30.2 Å². The molecule has 2 aliphatic heterocycles. The summed E-state index contributed by atoms with van der Waals surface area (Å²) in [7, 11) is 3.12. The summed E-state index contributed by atoms with van der Waals surface area (Å²) in [6.45, 7) is 1.18. The molecule has 29 heavy (non-hydrogen) atoms. The SMILES string of the molecule is COc1ccc(C(=O)N2CCC(N3C(=O)C(O)C34CCCCC4)CC2)c(OC)c1. The van der Waals surface area contributed by atoms with Gasteiger partial charge < -0.3 is 24.4 Å². The highest BCUT2D eigenvalue weighted by Crippen LogP contribution is 2.46. The number of benzene rings is 1. The lowest BCUT2D eigenvalue weighted by Crippen LogP contribution is -2.77. The largest absolute Gasteiger partial charge is 0.497 e. The number of aliphatic hydroxyl groups is 1. The van der Waals surface area contributed by atoms with Crippen LogP contribution in [-0.2, 0) is 4.79 Å². The topological polar surface area (TPSA) is 79.3 Å². The Morgan fingerprint density at radius 1 is 1.10 bits per heavy atom. The number of piperidine rings is 1. The molecule has 0 bridgehead atoms. The van der Waals surface area contributed by atoms with Gasteiger partial charge in [0.1, 0.15) is 11.5 Å². The van der Waals surface area contributed by atoms with E-state index in [0.717, 1.165) is 38.5 Å². The lowest BCUT2D eigenvalue weighted by molar-refractivity contribution is -0.200. The van der Waals surface area contributed by atoms with Crippen molar-refractivity contribution in [3.8, 4) is 11.5 Å². The molecular weight excluding hydrogens is 372 g/mol. The number of methoxy groups -OCH3 is 2. The fourth-order valence-corrected chi connectivity index (χ4v) is 5.34. The third-order valence-electron chi connectivity index (χ3n) is 6.94. The number of β-lactam (4-membered cyclic amide) rings is 1. The molecule has 1 aromatic carbocycles. The Morgan fingerprint density at radius 2 is 1.79 bits per heavy atom. The van der Waals surface area contributed by atoms with Crippen LogP contribution < -0.4 is 9.47 Å². The summed E-state index contributed by atoms with van der Waals surface area (Å²) >= 11 is 0. The summed E-state index contributed by atoms with van der Waals surface area (Å²) in [5.74, 6) is 0.947. The van der Waals surface area contributed by atoms with Crippen LogP contribution in [0.5, 0.6) is 11.5 Å². The van der Waals surface area contributed by atoms with Crippen LogP contribution in [0.2, 0.25) is 0 Å². The van der Waals surface area contributed by atoms with E-state index >= 15 is 0 Å². The number of amides is 2. The first-order chi connectivity index (χ1) is 14.0. The van der Waals surface area contributed by atoms with Crippen LogP contribution in [0.1, 0.15) is 55.3 Å². The zero-order chi connectivity index (χ0) is 20.6. The molecule has 7 nitrogen and oxygen atoms in total. The van der Waals surface area contributed by atoms with Crippen molar-refractivity contribution in [2.75, 3.05) is 27.3 Å². The van der Waals surface area contributed by atoms with Crippen molar-refractivity contribution in [3.63, 3.8) is 0 Å². The van der Waals surface area contributed by atoms with E-state index in [-0.39, 0.29) is 23.4 Å². The summed E-state index contributed by atoms with van der Waals surface area (Å²) < 4.78 is 10.6. The average molecular weight is 402 g/mol. The second-order valence-electron chi connectivity index (χ2n) is 8.36. The Bertz CT molecular complexity index is 781. The van der Waals surface area contributed by atoms with Crippen LogP contribution in [0.3, 0.4) is 0 Å². The zero-order valence-electron chi connectivity index (χ0n) is 17.2. The number of ether oxygens (including phenoxy) is 2. The predicted octanol–water partition coefficient (Wildman–Crippen LogP) is 2.21. The molecule has 1 unspecified atom stereocenters. The molecule has 158 valence electrons. The normalized spacial score (nSPS) is 24.4. The van der Waals surface area contributed by atoms with Gasteiger partial charge in [0.15, 0.2) is 6.10 Å². The molecule has 1 atom stereocenters. The highest BCUT2D eigenvalue weighted by molar-refractivity contribution is 5.97. The molecule has 3 aliphatic rings.